The molecule has 112 valence electrons. The number of hydrogen-bond acceptors (Lipinski definition) is 4. The summed E-state index contributed by atoms with van der Waals surface area (Å²) >= 11 is 3.45. The Morgan fingerprint density at radius 1 is 1.60 bits per heavy atom. The number of nitrogens with zero attached hydrogens (tertiary/aromatic N) is 1. The number of thioether (sulfide) groups is 1. The highest BCUT2D eigenvalue weighted by atomic mass is 32.2. The Bertz CT molecular complexity index is 445. The van der Waals surface area contributed by atoms with Crippen LogP contribution in [-0.2, 0) is 0 Å². The van der Waals surface area contributed by atoms with Gasteiger partial charge >= 0.3 is 6.03 Å². The molecule has 1 aliphatic rings. The molecule has 2 atom stereocenters. The maximum Gasteiger partial charge on any atom is 0.315 e. The first-order valence-electron chi connectivity index (χ1n) is 7.05. The molecule has 0 spiro atoms. The molecule has 1 aromatic heterocycles. The second-order valence-corrected chi connectivity index (χ2v) is 7.36. The molecule has 2 amide bonds. The van der Waals surface area contributed by atoms with Crippen molar-refractivity contribution in [3.63, 3.8) is 0 Å². The highest BCUT2D eigenvalue weighted by Crippen LogP contribution is 2.41. The van der Waals surface area contributed by atoms with Crippen LogP contribution in [0.4, 0.5) is 4.79 Å². The molecule has 0 aliphatic heterocycles. The maximum absolute atomic E-state index is 12.0. The Morgan fingerprint density at radius 3 is 2.90 bits per heavy atom. The van der Waals surface area contributed by atoms with Crippen molar-refractivity contribution >= 4 is 29.1 Å². The quantitative estimate of drug-likeness (QED) is 0.813. The minimum absolute atomic E-state index is 0.0669. The van der Waals surface area contributed by atoms with Crippen LogP contribution in [0.25, 0.3) is 0 Å². The van der Waals surface area contributed by atoms with Gasteiger partial charge in [0.05, 0.1) is 6.04 Å². The van der Waals surface area contributed by atoms with Crippen molar-refractivity contribution in [1.29, 1.82) is 0 Å². The summed E-state index contributed by atoms with van der Waals surface area (Å²) in [5.74, 6) is 2.13. The van der Waals surface area contributed by atoms with Crippen molar-refractivity contribution < 1.29 is 4.79 Å². The average molecular weight is 313 g/mol. The summed E-state index contributed by atoms with van der Waals surface area (Å²) < 4.78 is 0. The van der Waals surface area contributed by atoms with Gasteiger partial charge in [-0.15, -0.1) is 11.3 Å². The third-order valence-corrected chi connectivity index (χ3v) is 5.29. The molecule has 4 nitrogen and oxygen atoms in total. The molecule has 1 heterocycles. The SMILES string of the molecule is CSC[C@H](C)CNC(=O)N[C@@H](c1nc(C)cs1)C1CC1. The number of aryl methyl sites for hydroxylation is 1. The van der Waals surface area contributed by atoms with Crippen LogP contribution in [0.5, 0.6) is 0 Å². The fraction of sp³-hybridized carbons (Fsp3) is 0.714. The lowest BCUT2D eigenvalue weighted by atomic mass is 10.2. The van der Waals surface area contributed by atoms with Crippen molar-refractivity contribution in [3.05, 3.63) is 16.1 Å². The minimum Gasteiger partial charge on any atom is -0.338 e. The second kappa shape index (κ2) is 7.31. The third kappa shape index (κ3) is 4.66. The molecule has 1 aliphatic carbocycles. The Morgan fingerprint density at radius 2 is 2.35 bits per heavy atom. The van der Waals surface area contributed by atoms with Crippen molar-refractivity contribution in [1.82, 2.24) is 15.6 Å². The summed E-state index contributed by atoms with van der Waals surface area (Å²) in [7, 11) is 0. The molecule has 2 N–H and O–H groups in total. The number of aromatic nitrogens is 1. The predicted molar refractivity (Wildman–Crippen MR) is 86.4 cm³/mol. The predicted octanol–water partition coefficient (Wildman–Crippen LogP) is 3.20. The highest BCUT2D eigenvalue weighted by molar-refractivity contribution is 7.98. The van der Waals surface area contributed by atoms with E-state index >= 15 is 0 Å². The second-order valence-electron chi connectivity index (χ2n) is 5.56. The minimum atomic E-state index is -0.0669. The standard InChI is InChI=1S/C14H23N3OS2/c1-9(7-19-3)6-15-14(18)17-12(11-4-5-11)13-16-10(2)8-20-13/h8-9,11-12H,4-7H2,1-3H3,(H2,15,17,18)/t9-,12-/m1/s1. The monoisotopic (exact) mass is 313 g/mol. The summed E-state index contributed by atoms with van der Waals surface area (Å²) in [5.41, 5.74) is 1.03. The highest BCUT2D eigenvalue weighted by Gasteiger charge is 2.35. The van der Waals surface area contributed by atoms with E-state index in [1.807, 2.05) is 24.1 Å². The van der Waals surface area contributed by atoms with E-state index in [0.717, 1.165) is 23.0 Å². The van der Waals surface area contributed by atoms with E-state index in [9.17, 15) is 4.79 Å². The van der Waals surface area contributed by atoms with E-state index in [4.69, 9.17) is 0 Å². The maximum atomic E-state index is 12.0. The summed E-state index contributed by atoms with van der Waals surface area (Å²) in [6, 6.07) is 0.0206. The van der Waals surface area contributed by atoms with Crippen LogP contribution in [0.2, 0.25) is 0 Å². The van der Waals surface area contributed by atoms with Crippen molar-refractivity contribution in [2.45, 2.75) is 32.7 Å². The molecule has 2 rings (SSSR count). The van der Waals surface area contributed by atoms with Crippen LogP contribution in [0.1, 0.15) is 36.5 Å². The normalized spacial score (nSPS) is 17.6. The number of carbonyl (C=O) groups excluding carboxylic acids is 1. The Balaban J connectivity index is 1.84. The lowest BCUT2D eigenvalue weighted by Crippen LogP contribution is -2.40. The van der Waals surface area contributed by atoms with E-state index in [-0.39, 0.29) is 12.1 Å². The van der Waals surface area contributed by atoms with Gasteiger partial charge in [0.15, 0.2) is 0 Å². The molecule has 1 saturated carbocycles. The summed E-state index contributed by atoms with van der Waals surface area (Å²) in [6.45, 7) is 4.87. The van der Waals surface area contributed by atoms with Gasteiger partial charge in [-0.2, -0.15) is 11.8 Å². The van der Waals surface area contributed by atoms with Gasteiger partial charge in [0, 0.05) is 17.6 Å². The molecular formula is C14H23N3OS2. The third-order valence-electron chi connectivity index (χ3n) is 3.35. The van der Waals surface area contributed by atoms with Crippen molar-refractivity contribution in [2.24, 2.45) is 11.8 Å². The lowest BCUT2D eigenvalue weighted by molar-refractivity contribution is 0.234. The number of thiazole rings is 1. The van der Waals surface area contributed by atoms with Crippen molar-refractivity contribution in [3.8, 4) is 0 Å². The van der Waals surface area contributed by atoms with Gasteiger partial charge in [-0.05, 0) is 43.6 Å². The van der Waals surface area contributed by atoms with E-state index in [2.05, 4.69) is 28.8 Å². The largest absolute Gasteiger partial charge is 0.338 e. The summed E-state index contributed by atoms with van der Waals surface area (Å²) in [5, 5.41) is 9.15. The van der Waals surface area contributed by atoms with Crippen LogP contribution >= 0.6 is 23.1 Å². The molecule has 0 saturated heterocycles. The number of hydrogen-bond donors (Lipinski definition) is 2. The number of nitrogens with one attached hydrogen (secondary N) is 2. The van der Waals surface area contributed by atoms with Gasteiger partial charge in [0.1, 0.15) is 5.01 Å². The van der Waals surface area contributed by atoms with Gasteiger partial charge in [-0.25, -0.2) is 9.78 Å². The van der Waals surface area contributed by atoms with Crippen molar-refractivity contribution in [2.75, 3.05) is 18.6 Å². The number of amides is 2. The van der Waals surface area contributed by atoms with Crippen LogP contribution in [-0.4, -0.2) is 29.6 Å². The number of urea groups is 1. The molecular weight excluding hydrogens is 290 g/mol. The number of rotatable bonds is 7. The topological polar surface area (TPSA) is 54.0 Å². The van der Waals surface area contributed by atoms with Gasteiger partial charge in [0.25, 0.3) is 0 Å². The van der Waals surface area contributed by atoms with Gasteiger partial charge in [-0.3, -0.25) is 0 Å². The molecule has 6 heteroatoms. The Kier molecular flexibility index (Phi) is 5.72. The zero-order chi connectivity index (χ0) is 14.5. The van der Waals surface area contributed by atoms with E-state index in [1.165, 1.54) is 12.8 Å². The van der Waals surface area contributed by atoms with Crippen LogP contribution in [0, 0.1) is 18.8 Å². The van der Waals surface area contributed by atoms with Crippen LogP contribution in [0.3, 0.4) is 0 Å². The fourth-order valence-corrected chi connectivity index (χ4v) is 3.75. The first-order chi connectivity index (χ1) is 9.60. The van der Waals surface area contributed by atoms with Gasteiger partial charge in [0.2, 0.25) is 0 Å². The number of carbonyl (C=O) groups is 1. The summed E-state index contributed by atoms with van der Waals surface area (Å²) in [6.07, 6.45) is 4.46. The first-order valence-corrected chi connectivity index (χ1v) is 9.32. The summed E-state index contributed by atoms with van der Waals surface area (Å²) in [4.78, 5) is 16.5. The molecule has 0 bridgehead atoms. The van der Waals surface area contributed by atoms with Crippen LogP contribution < -0.4 is 10.6 Å². The smallest absolute Gasteiger partial charge is 0.315 e. The molecule has 20 heavy (non-hydrogen) atoms. The zero-order valence-electron chi connectivity index (χ0n) is 12.3. The molecule has 1 fully saturated rings. The molecule has 1 aromatic rings. The van der Waals surface area contributed by atoms with Gasteiger partial charge in [-0.1, -0.05) is 6.92 Å². The molecule has 0 unspecified atom stereocenters. The van der Waals surface area contributed by atoms with E-state index in [1.54, 1.807) is 11.3 Å². The van der Waals surface area contributed by atoms with E-state index in [0.29, 0.717) is 11.8 Å². The van der Waals surface area contributed by atoms with Crippen LogP contribution in [0.15, 0.2) is 5.38 Å². The molecule has 0 aromatic carbocycles. The fourth-order valence-electron chi connectivity index (χ4n) is 2.13. The first kappa shape index (κ1) is 15.6. The van der Waals surface area contributed by atoms with E-state index < -0.39 is 0 Å². The average Bonchev–Trinajstić information content (AvgIpc) is 3.16. The Labute approximate surface area is 129 Å². The lowest BCUT2D eigenvalue weighted by Gasteiger charge is -2.18. The zero-order valence-corrected chi connectivity index (χ0v) is 13.9. The van der Waals surface area contributed by atoms with Gasteiger partial charge < -0.3 is 10.6 Å². The molecule has 0 radical (unpaired) electrons. The Hall–Kier alpha value is -0.750.